The van der Waals surface area contributed by atoms with Gasteiger partial charge in [-0.3, -0.25) is 4.79 Å². The third kappa shape index (κ3) is 3.23. The second kappa shape index (κ2) is 5.11. The summed E-state index contributed by atoms with van der Waals surface area (Å²) in [4.78, 5) is 21.7. The molecule has 5 nitrogen and oxygen atoms in total. The molecule has 0 aliphatic rings. The number of benzene rings is 1. The molecule has 0 radical (unpaired) electrons. The molecule has 0 unspecified atom stereocenters. The summed E-state index contributed by atoms with van der Waals surface area (Å²) >= 11 is 0. The van der Waals surface area contributed by atoms with Crippen molar-refractivity contribution in [2.45, 2.75) is 13.0 Å². The fourth-order valence-corrected chi connectivity index (χ4v) is 0.979. The van der Waals surface area contributed by atoms with Crippen molar-refractivity contribution in [2.75, 3.05) is 5.32 Å². The first-order valence-corrected chi connectivity index (χ1v) is 4.55. The van der Waals surface area contributed by atoms with Crippen molar-refractivity contribution in [1.29, 1.82) is 0 Å². The van der Waals surface area contributed by atoms with Gasteiger partial charge in [0.25, 0.3) is 0 Å². The van der Waals surface area contributed by atoms with E-state index in [9.17, 15) is 14.0 Å². The number of para-hydroxylation sites is 1. The van der Waals surface area contributed by atoms with Crippen LogP contribution in [0.25, 0.3) is 0 Å². The van der Waals surface area contributed by atoms with E-state index in [1.807, 2.05) is 0 Å². The molecule has 1 aromatic rings. The van der Waals surface area contributed by atoms with Gasteiger partial charge in [-0.05, 0) is 19.1 Å². The second-order valence-corrected chi connectivity index (χ2v) is 3.14. The maximum atomic E-state index is 13.1. The van der Waals surface area contributed by atoms with Crippen molar-refractivity contribution >= 4 is 17.7 Å². The van der Waals surface area contributed by atoms with Crippen molar-refractivity contribution in [1.82, 2.24) is 5.32 Å². The molecule has 1 atom stereocenters. The zero-order chi connectivity index (χ0) is 12.1. The standard InChI is InChI=1S/C10H11FN2O3/c1-6(9(14)15)12-10(16)13-8-5-3-2-4-7(8)11/h2-6H,1H3,(H,14,15)(H2,12,13,16)/t6-/m1/s1. The number of aliphatic carboxylic acids is 1. The number of hydrogen-bond acceptors (Lipinski definition) is 2. The molecule has 6 heteroatoms. The molecule has 16 heavy (non-hydrogen) atoms. The quantitative estimate of drug-likeness (QED) is 0.729. The second-order valence-electron chi connectivity index (χ2n) is 3.14. The summed E-state index contributed by atoms with van der Waals surface area (Å²) in [5.74, 6) is -1.75. The summed E-state index contributed by atoms with van der Waals surface area (Å²) in [6.07, 6.45) is 0. The van der Waals surface area contributed by atoms with Crippen LogP contribution in [0.15, 0.2) is 24.3 Å². The van der Waals surface area contributed by atoms with Crippen LogP contribution in [0.4, 0.5) is 14.9 Å². The van der Waals surface area contributed by atoms with E-state index < -0.39 is 23.9 Å². The van der Waals surface area contributed by atoms with Crippen LogP contribution in [0.1, 0.15) is 6.92 Å². The van der Waals surface area contributed by atoms with Crippen LogP contribution in [0.2, 0.25) is 0 Å². The Hall–Kier alpha value is -2.11. The van der Waals surface area contributed by atoms with Crippen molar-refractivity contribution in [3.8, 4) is 0 Å². The van der Waals surface area contributed by atoms with Crippen LogP contribution in [0.5, 0.6) is 0 Å². The van der Waals surface area contributed by atoms with Gasteiger partial charge in [0.2, 0.25) is 0 Å². The number of carboxylic acids is 1. The first kappa shape index (κ1) is 12.0. The third-order valence-electron chi connectivity index (χ3n) is 1.84. The molecular formula is C10H11FN2O3. The summed E-state index contributed by atoms with van der Waals surface area (Å²) in [7, 11) is 0. The number of urea groups is 1. The summed E-state index contributed by atoms with van der Waals surface area (Å²) < 4.78 is 13.1. The Balaban J connectivity index is 2.59. The van der Waals surface area contributed by atoms with Crippen LogP contribution in [-0.2, 0) is 4.79 Å². The maximum Gasteiger partial charge on any atom is 0.325 e. The molecule has 3 N–H and O–H groups in total. The third-order valence-corrected chi connectivity index (χ3v) is 1.84. The van der Waals surface area contributed by atoms with Crippen LogP contribution >= 0.6 is 0 Å². The normalized spacial score (nSPS) is 11.6. The van der Waals surface area contributed by atoms with Crippen LogP contribution in [0, 0.1) is 5.82 Å². The van der Waals surface area contributed by atoms with Gasteiger partial charge in [0.05, 0.1) is 5.69 Å². The zero-order valence-electron chi connectivity index (χ0n) is 8.53. The minimum absolute atomic E-state index is 0.00223. The number of anilines is 1. The van der Waals surface area contributed by atoms with E-state index in [-0.39, 0.29) is 5.69 Å². The predicted molar refractivity (Wildman–Crippen MR) is 55.7 cm³/mol. The van der Waals surface area contributed by atoms with Crippen LogP contribution < -0.4 is 10.6 Å². The van der Waals surface area contributed by atoms with Gasteiger partial charge in [-0.1, -0.05) is 12.1 Å². The maximum absolute atomic E-state index is 13.1. The molecule has 0 aromatic heterocycles. The van der Waals surface area contributed by atoms with Crippen molar-refractivity contribution < 1.29 is 19.1 Å². The number of carboxylic acid groups (broad SMARTS) is 1. The number of hydrogen-bond donors (Lipinski definition) is 3. The van der Waals surface area contributed by atoms with Crippen LogP contribution in [-0.4, -0.2) is 23.1 Å². The van der Waals surface area contributed by atoms with E-state index in [1.165, 1.54) is 25.1 Å². The fraction of sp³-hybridized carbons (Fsp3) is 0.200. The minimum Gasteiger partial charge on any atom is -0.480 e. The molecule has 0 aliphatic heterocycles. The van der Waals surface area contributed by atoms with Crippen molar-refractivity contribution in [3.05, 3.63) is 30.1 Å². The lowest BCUT2D eigenvalue weighted by Crippen LogP contribution is -2.40. The molecule has 0 fully saturated rings. The topological polar surface area (TPSA) is 78.4 Å². The number of carbonyl (C=O) groups excluding carboxylic acids is 1. The fourth-order valence-electron chi connectivity index (χ4n) is 0.979. The van der Waals surface area contributed by atoms with Crippen LogP contribution in [0.3, 0.4) is 0 Å². The summed E-state index contributed by atoms with van der Waals surface area (Å²) in [5, 5.41) is 12.9. The number of halogens is 1. The van der Waals surface area contributed by atoms with E-state index in [0.29, 0.717) is 0 Å². The summed E-state index contributed by atoms with van der Waals surface area (Å²) in [6.45, 7) is 1.31. The van der Waals surface area contributed by atoms with Gasteiger partial charge in [-0.15, -0.1) is 0 Å². The molecule has 0 aliphatic carbocycles. The van der Waals surface area contributed by atoms with E-state index in [4.69, 9.17) is 5.11 Å². The van der Waals surface area contributed by atoms with Crippen molar-refractivity contribution in [2.24, 2.45) is 0 Å². The Kier molecular flexibility index (Phi) is 3.82. The number of carbonyl (C=O) groups is 2. The van der Waals surface area contributed by atoms with Gasteiger partial charge in [0.1, 0.15) is 11.9 Å². The monoisotopic (exact) mass is 226 g/mol. The lowest BCUT2D eigenvalue weighted by molar-refractivity contribution is -0.138. The predicted octanol–water partition coefficient (Wildman–Crippen LogP) is 1.42. The molecule has 1 rings (SSSR count). The average molecular weight is 226 g/mol. The Morgan fingerprint density at radius 1 is 1.38 bits per heavy atom. The van der Waals surface area contributed by atoms with Gasteiger partial charge >= 0.3 is 12.0 Å². The van der Waals surface area contributed by atoms with Gasteiger partial charge < -0.3 is 15.7 Å². The first-order valence-electron chi connectivity index (χ1n) is 4.55. The van der Waals surface area contributed by atoms with Gasteiger partial charge in [0, 0.05) is 0 Å². The van der Waals surface area contributed by atoms with E-state index >= 15 is 0 Å². The Morgan fingerprint density at radius 2 is 2.00 bits per heavy atom. The van der Waals surface area contributed by atoms with Gasteiger partial charge in [-0.25, -0.2) is 9.18 Å². The lowest BCUT2D eigenvalue weighted by atomic mass is 10.3. The highest BCUT2D eigenvalue weighted by Crippen LogP contribution is 2.11. The van der Waals surface area contributed by atoms with E-state index in [1.54, 1.807) is 6.07 Å². The number of amides is 2. The smallest absolute Gasteiger partial charge is 0.325 e. The highest BCUT2D eigenvalue weighted by atomic mass is 19.1. The zero-order valence-corrected chi connectivity index (χ0v) is 8.53. The average Bonchev–Trinajstić information content (AvgIpc) is 2.21. The molecule has 1 aromatic carbocycles. The largest absolute Gasteiger partial charge is 0.480 e. The van der Waals surface area contributed by atoms with E-state index in [2.05, 4.69) is 10.6 Å². The van der Waals surface area contributed by atoms with Gasteiger partial charge in [0.15, 0.2) is 0 Å². The van der Waals surface area contributed by atoms with Gasteiger partial charge in [-0.2, -0.15) is 0 Å². The highest BCUT2D eigenvalue weighted by molar-refractivity contribution is 5.92. The molecule has 0 bridgehead atoms. The molecule has 0 saturated heterocycles. The SMILES string of the molecule is C[C@@H](NC(=O)Nc1ccccc1F)C(=O)O. The van der Waals surface area contributed by atoms with Crippen molar-refractivity contribution in [3.63, 3.8) is 0 Å². The summed E-state index contributed by atoms with van der Waals surface area (Å²) in [5.41, 5.74) is -0.00223. The molecule has 0 spiro atoms. The number of nitrogens with one attached hydrogen (secondary N) is 2. The number of rotatable bonds is 3. The Bertz CT molecular complexity index is 409. The van der Waals surface area contributed by atoms with E-state index in [0.717, 1.165) is 0 Å². The minimum atomic E-state index is -1.16. The molecule has 0 heterocycles. The molecule has 0 saturated carbocycles. The molecule has 86 valence electrons. The Labute approximate surface area is 91.3 Å². The first-order chi connectivity index (χ1) is 7.50. The lowest BCUT2D eigenvalue weighted by Gasteiger charge is -2.10. The molecular weight excluding hydrogens is 215 g/mol. The Morgan fingerprint density at radius 3 is 2.56 bits per heavy atom. The highest BCUT2D eigenvalue weighted by Gasteiger charge is 2.14. The molecule has 2 amide bonds. The summed E-state index contributed by atoms with van der Waals surface area (Å²) in [6, 6.07) is 3.81.